The Morgan fingerprint density at radius 3 is 2.73 bits per heavy atom. The smallest absolute Gasteiger partial charge is 0.263 e. The van der Waals surface area contributed by atoms with Crippen molar-refractivity contribution in [1.82, 2.24) is 4.90 Å². The molecule has 0 radical (unpaired) electrons. The summed E-state index contributed by atoms with van der Waals surface area (Å²) >= 11 is 3.65. The van der Waals surface area contributed by atoms with Crippen LogP contribution in [0.25, 0.3) is 0 Å². The summed E-state index contributed by atoms with van der Waals surface area (Å²) in [4.78, 5) is 2.29. The topological polar surface area (TPSA) is 12.5 Å². The highest BCUT2D eigenvalue weighted by Crippen LogP contribution is 2.24. The Morgan fingerprint density at radius 1 is 1.19 bits per heavy atom. The molecule has 5 heteroatoms. The molecule has 26 heavy (non-hydrogen) atoms. The first-order chi connectivity index (χ1) is 12.5. The molecule has 2 aromatic carbocycles. The van der Waals surface area contributed by atoms with Gasteiger partial charge in [-0.25, -0.2) is 8.78 Å². The van der Waals surface area contributed by atoms with Gasteiger partial charge in [0.15, 0.2) is 0 Å². The van der Waals surface area contributed by atoms with Crippen LogP contribution in [0, 0.1) is 6.92 Å². The van der Waals surface area contributed by atoms with Gasteiger partial charge in [-0.2, -0.15) is 0 Å². The van der Waals surface area contributed by atoms with E-state index in [1.54, 1.807) is 12.1 Å². The quantitative estimate of drug-likeness (QED) is 0.551. The Morgan fingerprint density at radius 2 is 2.04 bits per heavy atom. The van der Waals surface area contributed by atoms with E-state index in [1.165, 1.54) is 17.2 Å². The summed E-state index contributed by atoms with van der Waals surface area (Å²) in [5, 5.41) is 0. The number of ether oxygens (including phenoxy) is 1. The van der Waals surface area contributed by atoms with Crippen molar-refractivity contribution in [2.45, 2.75) is 45.4 Å². The third kappa shape index (κ3) is 5.35. The van der Waals surface area contributed by atoms with Crippen LogP contribution in [0.5, 0.6) is 0 Å². The number of aryl methyl sites for hydroxylation is 1. The van der Waals surface area contributed by atoms with Gasteiger partial charge in [0.05, 0.1) is 6.10 Å². The molecule has 2 aromatic rings. The summed E-state index contributed by atoms with van der Waals surface area (Å²) < 4.78 is 32.9. The number of alkyl halides is 2. The van der Waals surface area contributed by atoms with Crippen LogP contribution in [-0.2, 0) is 17.8 Å². The molecule has 0 spiro atoms. The number of rotatable bonds is 7. The normalized spacial score (nSPS) is 17.4. The summed E-state index contributed by atoms with van der Waals surface area (Å²) in [7, 11) is 0. The fourth-order valence-corrected chi connectivity index (χ4v) is 3.99. The Kier molecular flexibility index (Phi) is 6.79. The Labute approximate surface area is 162 Å². The van der Waals surface area contributed by atoms with Gasteiger partial charge in [0.25, 0.3) is 6.43 Å². The maximum atomic E-state index is 13.0. The molecule has 0 aliphatic carbocycles. The van der Waals surface area contributed by atoms with Gasteiger partial charge in [-0.3, -0.25) is 4.90 Å². The first-order valence-electron chi connectivity index (χ1n) is 8.97. The molecular formula is C21H24BrF2NO. The molecule has 1 aliphatic rings. The van der Waals surface area contributed by atoms with E-state index in [2.05, 4.69) is 46.0 Å². The minimum atomic E-state index is -2.44. The highest BCUT2D eigenvalue weighted by atomic mass is 79.9. The minimum absolute atomic E-state index is 0.0797. The lowest BCUT2D eigenvalue weighted by molar-refractivity contribution is 0.0677. The van der Waals surface area contributed by atoms with Gasteiger partial charge in [0.1, 0.15) is 0 Å². The van der Waals surface area contributed by atoms with Gasteiger partial charge >= 0.3 is 0 Å². The molecule has 2 nitrogen and oxygen atoms in total. The second-order valence-corrected chi connectivity index (χ2v) is 7.80. The SMILES string of the molecule is Cc1ccc(CN(Cc2cccc(C(F)F)c2)CC2CCCO2)c(Br)c1. The van der Waals surface area contributed by atoms with Crippen LogP contribution in [0.15, 0.2) is 46.9 Å². The zero-order valence-corrected chi connectivity index (χ0v) is 16.5. The molecule has 0 N–H and O–H groups in total. The molecule has 0 saturated carbocycles. The highest BCUT2D eigenvalue weighted by molar-refractivity contribution is 9.10. The summed E-state index contributed by atoms with van der Waals surface area (Å²) in [6.45, 7) is 5.06. The first-order valence-corrected chi connectivity index (χ1v) is 9.76. The molecule has 1 aliphatic heterocycles. The van der Waals surface area contributed by atoms with Gasteiger partial charge in [-0.15, -0.1) is 0 Å². The van der Waals surface area contributed by atoms with Crippen LogP contribution in [0.4, 0.5) is 8.78 Å². The molecule has 1 saturated heterocycles. The summed E-state index contributed by atoms with van der Waals surface area (Å²) in [5.74, 6) is 0. The Bertz CT molecular complexity index is 732. The molecule has 1 heterocycles. The van der Waals surface area contributed by atoms with E-state index in [0.717, 1.165) is 42.6 Å². The second-order valence-electron chi connectivity index (χ2n) is 6.95. The van der Waals surface area contributed by atoms with Crippen molar-refractivity contribution >= 4 is 15.9 Å². The largest absolute Gasteiger partial charge is 0.377 e. The third-order valence-corrected chi connectivity index (χ3v) is 5.44. The Balaban J connectivity index is 1.77. The van der Waals surface area contributed by atoms with E-state index in [0.29, 0.717) is 6.54 Å². The lowest BCUT2D eigenvalue weighted by atomic mass is 10.1. The fourth-order valence-electron chi connectivity index (χ4n) is 3.37. The number of benzene rings is 2. The number of hydrogen-bond donors (Lipinski definition) is 0. The van der Waals surface area contributed by atoms with Crippen LogP contribution >= 0.6 is 15.9 Å². The lowest BCUT2D eigenvalue weighted by Gasteiger charge is -2.26. The predicted molar refractivity (Wildman–Crippen MR) is 103 cm³/mol. The number of nitrogens with zero attached hydrogens (tertiary/aromatic N) is 1. The van der Waals surface area contributed by atoms with Crippen LogP contribution in [0.2, 0.25) is 0 Å². The molecule has 1 atom stereocenters. The van der Waals surface area contributed by atoms with Crippen molar-refractivity contribution in [1.29, 1.82) is 0 Å². The van der Waals surface area contributed by atoms with E-state index in [9.17, 15) is 8.78 Å². The van der Waals surface area contributed by atoms with Crippen molar-refractivity contribution in [2.75, 3.05) is 13.2 Å². The van der Waals surface area contributed by atoms with Crippen molar-refractivity contribution in [2.24, 2.45) is 0 Å². The van der Waals surface area contributed by atoms with E-state index in [-0.39, 0.29) is 11.7 Å². The monoisotopic (exact) mass is 423 g/mol. The minimum Gasteiger partial charge on any atom is -0.377 e. The molecule has 3 rings (SSSR count). The third-order valence-electron chi connectivity index (χ3n) is 4.70. The summed E-state index contributed by atoms with van der Waals surface area (Å²) in [6.07, 6.45) is -0.0683. The predicted octanol–water partition coefficient (Wildman–Crippen LogP) is 5.88. The molecule has 0 aromatic heterocycles. The number of hydrogen-bond acceptors (Lipinski definition) is 2. The maximum Gasteiger partial charge on any atom is 0.263 e. The van der Waals surface area contributed by atoms with Crippen LogP contribution in [-0.4, -0.2) is 24.2 Å². The first kappa shape index (κ1) is 19.5. The highest BCUT2D eigenvalue weighted by Gasteiger charge is 2.20. The van der Waals surface area contributed by atoms with Crippen molar-refractivity contribution in [3.8, 4) is 0 Å². The van der Waals surface area contributed by atoms with E-state index < -0.39 is 6.43 Å². The standard InChI is InChI=1S/C21H24BrF2NO/c1-15-7-8-18(20(22)10-15)13-25(14-19-6-3-9-26-19)12-16-4-2-5-17(11-16)21(23)24/h2,4-5,7-8,10-11,19,21H,3,6,9,12-14H2,1H3. The molecule has 1 fully saturated rings. The van der Waals surface area contributed by atoms with E-state index in [4.69, 9.17) is 4.74 Å². The van der Waals surface area contributed by atoms with Crippen molar-refractivity contribution in [3.63, 3.8) is 0 Å². The average Bonchev–Trinajstić information content (AvgIpc) is 3.10. The van der Waals surface area contributed by atoms with Gasteiger partial charge in [0, 0.05) is 36.3 Å². The van der Waals surface area contributed by atoms with Crippen LogP contribution in [0.3, 0.4) is 0 Å². The molecule has 1 unspecified atom stereocenters. The molecular weight excluding hydrogens is 400 g/mol. The summed E-state index contributed by atoms with van der Waals surface area (Å²) in [5.41, 5.74) is 3.38. The van der Waals surface area contributed by atoms with Gasteiger partial charge in [-0.1, -0.05) is 46.3 Å². The van der Waals surface area contributed by atoms with Crippen molar-refractivity contribution < 1.29 is 13.5 Å². The van der Waals surface area contributed by atoms with Gasteiger partial charge in [0.2, 0.25) is 0 Å². The second kappa shape index (κ2) is 9.07. The molecule has 140 valence electrons. The van der Waals surface area contributed by atoms with Gasteiger partial charge < -0.3 is 4.74 Å². The Hall–Kier alpha value is -1.30. The average molecular weight is 424 g/mol. The zero-order chi connectivity index (χ0) is 18.5. The van der Waals surface area contributed by atoms with E-state index >= 15 is 0 Å². The summed E-state index contributed by atoms with van der Waals surface area (Å²) in [6, 6.07) is 13.0. The van der Waals surface area contributed by atoms with Crippen LogP contribution < -0.4 is 0 Å². The molecule has 0 bridgehead atoms. The maximum absolute atomic E-state index is 13.0. The lowest BCUT2D eigenvalue weighted by Crippen LogP contribution is -2.31. The fraction of sp³-hybridized carbons (Fsp3) is 0.429. The van der Waals surface area contributed by atoms with Gasteiger partial charge in [-0.05, 0) is 48.6 Å². The van der Waals surface area contributed by atoms with Crippen LogP contribution in [0.1, 0.15) is 41.5 Å². The van der Waals surface area contributed by atoms with Crippen molar-refractivity contribution in [3.05, 3.63) is 69.2 Å². The van der Waals surface area contributed by atoms with E-state index in [1.807, 2.05) is 6.07 Å². The zero-order valence-electron chi connectivity index (χ0n) is 14.9. The molecule has 0 amide bonds. The number of halogens is 3.